The molecule has 0 unspecified atom stereocenters. The zero-order chi connectivity index (χ0) is 19.6. The summed E-state index contributed by atoms with van der Waals surface area (Å²) in [4.78, 5) is 28.2. The average molecular weight is 399 g/mol. The van der Waals surface area contributed by atoms with E-state index in [9.17, 15) is 18.0 Å². The Labute approximate surface area is 158 Å². The van der Waals surface area contributed by atoms with E-state index in [0.29, 0.717) is 12.8 Å². The van der Waals surface area contributed by atoms with Crippen molar-refractivity contribution >= 4 is 21.9 Å². The van der Waals surface area contributed by atoms with E-state index in [2.05, 4.69) is 9.64 Å². The third-order valence-electron chi connectivity index (χ3n) is 5.18. The first-order valence-electron chi connectivity index (χ1n) is 8.98. The molecule has 0 bridgehead atoms. The molecule has 1 aromatic rings. The Hall–Kier alpha value is -1.91. The molecule has 2 fully saturated rings. The Kier molecular flexibility index (Phi) is 5.87. The zero-order valence-corrected chi connectivity index (χ0v) is 16.4. The standard InChI is InChI=1S/C17H25N3O6S/c1-18-9-11-19(12-10-18)16(21)13-5-7-20(8-6-13)27(23,24)15-4-3-14(26-15)17(22)25-2/h3-4,13H,5-12H2,1-2H3. The van der Waals surface area contributed by atoms with Crippen LogP contribution in [-0.2, 0) is 19.6 Å². The third-order valence-corrected chi connectivity index (χ3v) is 6.95. The molecule has 0 saturated carbocycles. The molecule has 0 aromatic carbocycles. The van der Waals surface area contributed by atoms with E-state index in [0.717, 1.165) is 26.2 Å². The summed E-state index contributed by atoms with van der Waals surface area (Å²) < 4.78 is 36.4. The van der Waals surface area contributed by atoms with Crippen LogP contribution in [0.3, 0.4) is 0 Å². The molecule has 0 radical (unpaired) electrons. The number of esters is 1. The molecule has 2 aliphatic heterocycles. The van der Waals surface area contributed by atoms with Gasteiger partial charge in [-0.15, -0.1) is 0 Å². The second kappa shape index (κ2) is 7.99. The van der Waals surface area contributed by atoms with Crippen LogP contribution < -0.4 is 0 Å². The molecule has 1 amide bonds. The highest BCUT2D eigenvalue weighted by atomic mass is 32.2. The highest BCUT2D eigenvalue weighted by Crippen LogP contribution is 2.26. The topological polar surface area (TPSA) is 100 Å². The van der Waals surface area contributed by atoms with Gasteiger partial charge in [0, 0.05) is 45.2 Å². The summed E-state index contributed by atoms with van der Waals surface area (Å²) in [5, 5.41) is -0.285. The molecule has 9 nitrogen and oxygen atoms in total. The fourth-order valence-electron chi connectivity index (χ4n) is 3.42. The van der Waals surface area contributed by atoms with Crippen molar-refractivity contribution in [3.05, 3.63) is 17.9 Å². The number of hydrogen-bond donors (Lipinski definition) is 0. The number of piperazine rings is 1. The lowest BCUT2D eigenvalue weighted by Crippen LogP contribution is -2.50. The maximum Gasteiger partial charge on any atom is 0.374 e. The third kappa shape index (κ3) is 4.17. The van der Waals surface area contributed by atoms with E-state index in [-0.39, 0.29) is 35.8 Å². The molecule has 2 aliphatic rings. The van der Waals surface area contributed by atoms with Crippen molar-refractivity contribution in [2.45, 2.75) is 17.9 Å². The summed E-state index contributed by atoms with van der Waals surface area (Å²) in [5.41, 5.74) is 0. The predicted molar refractivity (Wildman–Crippen MR) is 95.6 cm³/mol. The molecule has 0 spiro atoms. The van der Waals surface area contributed by atoms with Crippen molar-refractivity contribution in [3.63, 3.8) is 0 Å². The summed E-state index contributed by atoms with van der Waals surface area (Å²) >= 11 is 0. The number of sulfonamides is 1. The molecule has 3 heterocycles. The number of nitrogens with zero attached hydrogens (tertiary/aromatic N) is 3. The summed E-state index contributed by atoms with van der Waals surface area (Å²) in [5.74, 6) is -0.919. The average Bonchev–Trinajstić information content (AvgIpc) is 3.18. The van der Waals surface area contributed by atoms with Gasteiger partial charge in [0.05, 0.1) is 7.11 Å². The summed E-state index contributed by atoms with van der Waals surface area (Å²) in [6.07, 6.45) is 0.962. The Morgan fingerprint density at radius 2 is 1.70 bits per heavy atom. The first-order valence-corrected chi connectivity index (χ1v) is 10.4. The number of carbonyl (C=O) groups is 2. The van der Waals surface area contributed by atoms with E-state index < -0.39 is 16.0 Å². The predicted octanol–water partition coefficient (Wildman–Crippen LogP) is 0.241. The monoisotopic (exact) mass is 399 g/mol. The summed E-state index contributed by atoms with van der Waals surface area (Å²) in [7, 11) is -0.608. The van der Waals surface area contributed by atoms with Gasteiger partial charge in [0.15, 0.2) is 0 Å². The quantitative estimate of drug-likeness (QED) is 0.669. The van der Waals surface area contributed by atoms with E-state index in [1.54, 1.807) is 0 Å². The highest BCUT2D eigenvalue weighted by Gasteiger charge is 2.36. The lowest BCUT2D eigenvalue weighted by atomic mass is 9.96. The molecule has 2 saturated heterocycles. The number of amides is 1. The van der Waals surface area contributed by atoms with Crippen molar-refractivity contribution in [3.8, 4) is 0 Å². The van der Waals surface area contributed by atoms with Gasteiger partial charge in [-0.25, -0.2) is 13.2 Å². The zero-order valence-electron chi connectivity index (χ0n) is 15.6. The van der Waals surface area contributed by atoms with Gasteiger partial charge in [0.1, 0.15) is 0 Å². The van der Waals surface area contributed by atoms with Gasteiger partial charge in [0.2, 0.25) is 16.8 Å². The Balaban J connectivity index is 1.60. The van der Waals surface area contributed by atoms with Crippen LogP contribution in [0.15, 0.2) is 21.6 Å². The molecular formula is C17H25N3O6S. The maximum absolute atomic E-state index is 12.7. The molecule has 0 atom stereocenters. The molecule has 0 N–H and O–H groups in total. The van der Waals surface area contributed by atoms with Crippen LogP contribution in [0.1, 0.15) is 23.4 Å². The van der Waals surface area contributed by atoms with Crippen LogP contribution in [0, 0.1) is 5.92 Å². The van der Waals surface area contributed by atoms with Crippen molar-refractivity contribution in [1.29, 1.82) is 0 Å². The van der Waals surface area contributed by atoms with Crippen molar-refractivity contribution in [2.24, 2.45) is 5.92 Å². The van der Waals surface area contributed by atoms with Crippen LogP contribution in [0.5, 0.6) is 0 Å². The Morgan fingerprint density at radius 3 is 2.30 bits per heavy atom. The molecule has 0 aliphatic carbocycles. The molecule has 27 heavy (non-hydrogen) atoms. The van der Waals surface area contributed by atoms with E-state index in [1.165, 1.54) is 23.5 Å². The SMILES string of the molecule is COC(=O)c1ccc(S(=O)(=O)N2CCC(C(=O)N3CCN(C)CC3)CC2)o1. The number of piperidine rings is 1. The van der Waals surface area contributed by atoms with Crippen LogP contribution >= 0.6 is 0 Å². The minimum Gasteiger partial charge on any atom is -0.463 e. The number of furan rings is 1. The summed E-state index contributed by atoms with van der Waals surface area (Å²) in [6, 6.07) is 2.53. The molecule has 3 rings (SSSR count). The second-order valence-electron chi connectivity index (χ2n) is 6.92. The first kappa shape index (κ1) is 19.8. The summed E-state index contributed by atoms with van der Waals surface area (Å²) in [6.45, 7) is 3.66. The van der Waals surface area contributed by atoms with Crippen molar-refractivity contribution < 1.29 is 27.2 Å². The molecular weight excluding hydrogens is 374 g/mol. The van der Waals surface area contributed by atoms with E-state index in [4.69, 9.17) is 4.42 Å². The Bertz CT molecular complexity index is 789. The van der Waals surface area contributed by atoms with Crippen molar-refractivity contribution in [1.82, 2.24) is 14.1 Å². The van der Waals surface area contributed by atoms with Crippen LogP contribution in [0.4, 0.5) is 0 Å². The van der Waals surface area contributed by atoms with Gasteiger partial charge in [-0.05, 0) is 32.0 Å². The van der Waals surface area contributed by atoms with Gasteiger partial charge in [-0.1, -0.05) is 0 Å². The fourth-order valence-corrected chi connectivity index (χ4v) is 4.81. The van der Waals surface area contributed by atoms with E-state index >= 15 is 0 Å². The minimum atomic E-state index is -3.84. The number of likely N-dealkylation sites (N-methyl/N-ethyl adjacent to an activating group) is 1. The smallest absolute Gasteiger partial charge is 0.374 e. The Morgan fingerprint density at radius 1 is 1.07 bits per heavy atom. The lowest BCUT2D eigenvalue weighted by molar-refractivity contribution is -0.138. The normalized spacial score (nSPS) is 20.6. The van der Waals surface area contributed by atoms with Gasteiger partial charge in [0.25, 0.3) is 10.0 Å². The fraction of sp³-hybridized carbons (Fsp3) is 0.647. The van der Waals surface area contributed by atoms with Gasteiger partial charge < -0.3 is 19.0 Å². The number of ether oxygens (including phenoxy) is 1. The number of methoxy groups -OCH3 is 1. The van der Waals surface area contributed by atoms with Gasteiger partial charge in [-0.3, -0.25) is 4.79 Å². The largest absolute Gasteiger partial charge is 0.463 e. The number of hydrogen-bond acceptors (Lipinski definition) is 7. The van der Waals surface area contributed by atoms with Crippen LogP contribution in [-0.4, -0.2) is 87.8 Å². The second-order valence-corrected chi connectivity index (χ2v) is 8.79. The lowest BCUT2D eigenvalue weighted by Gasteiger charge is -2.37. The van der Waals surface area contributed by atoms with Crippen LogP contribution in [0.2, 0.25) is 0 Å². The first-order chi connectivity index (χ1) is 12.8. The van der Waals surface area contributed by atoms with Crippen LogP contribution in [0.25, 0.3) is 0 Å². The molecule has 150 valence electrons. The van der Waals surface area contributed by atoms with Crippen molar-refractivity contribution in [2.75, 3.05) is 53.4 Å². The number of rotatable bonds is 4. The van der Waals surface area contributed by atoms with Gasteiger partial charge in [-0.2, -0.15) is 4.31 Å². The highest BCUT2D eigenvalue weighted by molar-refractivity contribution is 7.89. The molecule has 1 aromatic heterocycles. The number of carbonyl (C=O) groups excluding carboxylic acids is 2. The molecule has 10 heteroatoms. The maximum atomic E-state index is 12.7. The van der Waals surface area contributed by atoms with Gasteiger partial charge >= 0.3 is 5.97 Å². The van der Waals surface area contributed by atoms with E-state index in [1.807, 2.05) is 11.9 Å². The minimum absolute atomic E-state index is 0.117.